The van der Waals surface area contributed by atoms with Crippen LogP contribution in [0.1, 0.15) is 69.5 Å². The van der Waals surface area contributed by atoms with E-state index in [-0.39, 0.29) is 5.54 Å². The summed E-state index contributed by atoms with van der Waals surface area (Å²) in [6.45, 7) is 0. The summed E-state index contributed by atoms with van der Waals surface area (Å²) in [6.07, 6.45) is 11.8. The van der Waals surface area contributed by atoms with Crippen LogP contribution in [0.25, 0.3) is 0 Å². The minimum Gasteiger partial charge on any atom is -0.339 e. The summed E-state index contributed by atoms with van der Waals surface area (Å²) in [4.78, 5) is 4.57. The van der Waals surface area contributed by atoms with Crippen molar-refractivity contribution in [2.75, 3.05) is 0 Å². The second kappa shape index (κ2) is 5.00. The second-order valence-electron chi connectivity index (χ2n) is 6.08. The highest BCUT2D eigenvalue weighted by Crippen LogP contribution is 2.33. The van der Waals surface area contributed by atoms with Gasteiger partial charge in [0.1, 0.15) is 0 Å². The van der Waals surface area contributed by atoms with E-state index in [4.69, 9.17) is 10.3 Å². The first kappa shape index (κ1) is 12.2. The molecule has 2 aliphatic rings. The van der Waals surface area contributed by atoms with Gasteiger partial charge in [-0.3, -0.25) is 0 Å². The van der Waals surface area contributed by atoms with E-state index in [9.17, 15) is 0 Å². The van der Waals surface area contributed by atoms with Gasteiger partial charge in [0.05, 0.1) is 5.54 Å². The number of hydrogen-bond acceptors (Lipinski definition) is 4. The molecule has 0 spiro atoms. The molecule has 0 amide bonds. The number of hydrogen-bond donors (Lipinski definition) is 1. The molecule has 0 radical (unpaired) electrons. The van der Waals surface area contributed by atoms with Crippen LogP contribution in [0.15, 0.2) is 4.52 Å². The molecule has 1 aromatic rings. The zero-order valence-electron chi connectivity index (χ0n) is 11.0. The molecule has 1 heterocycles. The fraction of sp³-hybridized carbons (Fsp3) is 0.857. The molecule has 2 fully saturated rings. The minimum absolute atomic E-state index is 0.335. The van der Waals surface area contributed by atoms with Gasteiger partial charge in [0.15, 0.2) is 5.82 Å². The highest BCUT2D eigenvalue weighted by Gasteiger charge is 2.33. The van der Waals surface area contributed by atoms with Crippen molar-refractivity contribution in [2.24, 2.45) is 11.7 Å². The Morgan fingerprint density at radius 3 is 2.44 bits per heavy atom. The predicted molar refractivity (Wildman–Crippen MR) is 68.9 cm³/mol. The lowest BCUT2D eigenvalue weighted by molar-refractivity contribution is 0.270. The van der Waals surface area contributed by atoms with Gasteiger partial charge in [0, 0.05) is 6.42 Å². The molecule has 1 aromatic heterocycles. The number of nitrogens with zero attached hydrogens (tertiary/aromatic N) is 2. The molecule has 0 unspecified atom stereocenters. The molecule has 3 rings (SSSR count). The van der Waals surface area contributed by atoms with E-state index in [1.807, 2.05) is 0 Å². The molecule has 0 atom stereocenters. The molecule has 4 nitrogen and oxygen atoms in total. The van der Waals surface area contributed by atoms with Gasteiger partial charge in [-0.2, -0.15) is 4.98 Å². The smallest absolute Gasteiger partial charge is 0.226 e. The third-order valence-corrected chi connectivity index (χ3v) is 4.60. The SMILES string of the molecule is NC1(c2noc(CC3CCC3)n2)CCCCCC1. The van der Waals surface area contributed by atoms with Gasteiger partial charge in [0.2, 0.25) is 5.89 Å². The first-order chi connectivity index (χ1) is 8.76. The Hall–Kier alpha value is -0.900. The molecule has 2 saturated carbocycles. The molecular formula is C14H23N3O. The molecule has 0 saturated heterocycles. The van der Waals surface area contributed by atoms with Crippen molar-refractivity contribution in [3.63, 3.8) is 0 Å². The molecule has 100 valence electrons. The maximum absolute atomic E-state index is 6.49. The molecule has 0 bridgehead atoms. The van der Waals surface area contributed by atoms with Crippen LogP contribution >= 0.6 is 0 Å². The fourth-order valence-electron chi connectivity index (χ4n) is 3.07. The van der Waals surface area contributed by atoms with Crippen LogP contribution in [0.3, 0.4) is 0 Å². The van der Waals surface area contributed by atoms with E-state index < -0.39 is 0 Å². The summed E-state index contributed by atoms with van der Waals surface area (Å²) < 4.78 is 5.39. The normalized spacial score (nSPS) is 24.5. The van der Waals surface area contributed by atoms with Crippen molar-refractivity contribution in [2.45, 2.75) is 69.7 Å². The lowest BCUT2D eigenvalue weighted by Gasteiger charge is -2.24. The van der Waals surface area contributed by atoms with Crippen molar-refractivity contribution in [1.29, 1.82) is 0 Å². The van der Waals surface area contributed by atoms with E-state index in [1.54, 1.807) is 0 Å². The molecule has 2 N–H and O–H groups in total. The van der Waals surface area contributed by atoms with Crippen LogP contribution in [0, 0.1) is 5.92 Å². The van der Waals surface area contributed by atoms with E-state index in [1.165, 1.54) is 44.9 Å². The van der Waals surface area contributed by atoms with Crippen molar-refractivity contribution >= 4 is 0 Å². The monoisotopic (exact) mass is 249 g/mol. The summed E-state index contributed by atoms with van der Waals surface area (Å²) in [6, 6.07) is 0. The van der Waals surface area contributed by atoms with Crippen LogP contribution < -0.4 is 5.73 Å². The maximum Gasteiger partial charge on any atom is 0.226 e. The topological polar surface area (TPSA) is 64.9 Å². The van der Waals surface area contributed by atoms with E-state index in [0.29, 0.717) is 0 Å². The van der Waals surface area contributed by atoms with Crippen LogP contribution in [-0.2, 0) is 12.0 Å². The molecule has 4 heteroatoms. The summed E-state index contributed by atoms with van der Waals surface area (Å²) in [5.41, 5.74) is 6.15. The Labute approximate surface area is 108 Å². The third kappa shape index (κ3) is 2.44. The Bertz CT molecular complexity index is 389. The molecule has 0 aromatic carbocycles. The van der Waals surface area contributed by atoms with E-state index >= 15 is 0 Å². The average Bonchev–Trinajstić information content (AvgIpc) is 2.67. The summed E-state index contributed by atoms with van der Waals surface area (Å²) in [7, 11) is 0. The standard InChI is InChI=1S/C14H23N3O/c15-14(8-3-1-2-4-9-14)13-16-12(18-17-13)10-11-6-5-7-11/h11H,1-10,15H2. The average molecular weight is 249 g/mol. The molecular weight excluding hydrogens is 226 g/mol. The van der Waals surface area contributed by atoms with Gasteiger partial charge in [-0.1, -0.05) is 37.3 Å². The van der Waals surface area contributed by atoms with Crippen molar-refractivity contribution in [3.8, 4) is 0 Å². The Kier molecular flexibility index (Phi) is 3.37. The number of aromatic nitrogens is 2. The number of rotatable bonds is 3. The lowest BCUT2D eigenvalue weighted by atomic mass is 9.83. The zero-order chi connectivity index (χ0) is 12.4. The van der Waals surface area contributed by atoms with E-state index in [2.05, 4.69) is 10.1 Å². The summed E-state index contributed by atoms with van der Waals surface area (Å²) in [5, 5.41) is 4.15. The Morgan fingerprint density at radius 2 is 1.83 bits per heavy atom. The minimum atomic E-state index is -0.335. The van der Waals surface area contributed by atoms with Crippen LogP contribution in [0.5, 0.6) is 0 Å². The van der Waals surface area contributed by atoms with Crippen molar-refractivity contribution in [1.82, 2.24) is 10.1 Å². The van der Waals surface area contributed by atoms with Gasteiger partial charge in [-0.05, 0) is 31.6 Å². The third-order valence-electron chi connectivity index (χ3n) is 4.60. The highest BCUT2D eigenvalue weighted by molar-refractivity contribution is 5.05. The molecule has 0 aliphatic heterocycles. The Balaban J connectivity index is 1.70. The molecule has 2 aliphatic carbocycles. The van der Waals surface area contributed by atoms with Gasteiger partial charge in [0.25, 0.3) is 0 Å². The summed E-state index contributed by atoms with van der Waals surface area (Å²) >= 11 is 0. The summed E-state index contributed by atoms with van der Waals surface area (Å²) in [5.74, 6) is 2.31. The van der Waals surface area contributed by atoms with Gasteiger partial charge >= 0.3 is 0 Å². The van der Waals surface area contributed by atoms with Gasteiger partial charge < -0.3 is 10.3 Å². The Morgan fingerprint density at radius 1 is 1.11 bits per heavy atom. The largest absolute Gasteiger partial charge is 0.339 e. The second-order valence-corrected chi connectivity index (χ2v) is 6.08. The van der Waals surface area contributed by atoms with Crippen LogP contribution in [0.2, 0.25) is 0 Å². The quantitative estimate of drug-likeness (QED) is 0.836. The van der Waals surface area contributed by atoms with Crippen LogP contribution in [-0.4, -0.2) is 10.1 Å². The van der Waals surface area contributed by atoms with Crippen LogP contribution in [0.4, 0.5) is 0 Å². The first-order valence-corrected chi connectivity index (χ1v) is 7.38. The highest BCUT2D eigenvalue weighted by atomic mass is 16.5. The maximum atomic E-state index is 6.49. The fourth-order valence-corrected chi connectivity index (χ4v) is 3.07. The van der Waals surface area contributed by atoms with Crippen molar-refractivity contribution in [3.05, 3.63) is 11.7 Å². The van der Waals surface area contributed by atoms with Crippen molar-refractivity contribution < 1.29 is 4.52 Å². The number of nitrogens with two attached hydrogens (primary N) is 1. The lowest BCUT2D eigenvalue weighted by Crippen LogP contribution is -2.37. The zero-order valence-corrected chi connectivity index (χ0v) is 11.0. The van der Waals surface area contributed by atoms with Gasteiger partial charge in [-0.25, -0.2) is 0 Å². The molecule has 18 heavy (non-hydrogen) atoms. The first-order valence-electron chi connectivity index (χ1n) is 7.38. The van der Waals surface area contributed by atoms with Gasteiger partial charge in [-0.15, -0.1) is 0 Å². The van der Waals surface area contributed by atoms with E-state index in [0.717, 1.165) is 36.9 Å². The predicted octanol–water partition coefficient (Wildman–Crippen LogP) is 2.92.